The lowest BCUT2D eigenvalue weighted by molar-refractivity contribution is -0.121. The number of fused-ring (bicyclic) bond motifs is 2. The van der Waals surface area contributed by atoms with E-state index in [1.54, 1.807) is 24.3 Å². The van der Waals surface area contributed by atoms with Crippen LogP contribution in [0.2, 0.25) is 0 Å². The van der Waals surface area contributed by atoms with Crippen molar-refractivity contribution < 1.29 is 9.90 Å². The number of hydrogen-bond acceptors (Lipinski definition) is 4. The molecule has 0 spiro atoms. The molecule has 0 atom stereocenters. The summed E-state index contributed by atoms with van der Waals surface area (Å²) >= 11 is 3.24. The summed E-state index contributed by atoms with van der Waals surface area (Å²) in [6.45, 7) is 0.0118. The van der Waals surface area contributed by atoms with Gasteiger partial charge in [-0.15, -0.1) is 0 Å². The van der Waals surface area contributed by atoms with Gasteiger partial charge in [0.15, 0.2) is 5.43 Å². The van der Waals surface area contributed by atoms with E-state index in [1.165, 1.54) is 12.3 Å². The number of rotatable bonds is 4. The topological polar surface area (TPSA) is 83.7 Å². The van der Waals surface area contributed by atoms with E-state index in [9.17, 15) is 14.7 Å². The first kappa shape index (κ1) is 18.9. The molecule has 0 saturated carbocycles. The van der Waals surface area contributed by atoms with Gasteiger partial charge in [-0.05, 0) is 64.0 Å². The highest BCUT2D eigenvalue weighted by Gasteiger charge is 2.12. The van der Waals surface area contributed by atoms with Crippen LogP contribution in [0.5, 0.6) is 5.75 Å². The number of hydrogen-bond donors (Lipinski definition) is 2. The lowest BCUT2D eigenvalue weighted by Gasteiger charge is -2.14. The largest absolute Gasteiger partial charge is 0.507 e. The molecule has 0 unspecified atom stereocenters. The van der Waals surface area contributed by atoms with Crippen LogP contribution in [-0.2, 0) is 11.3 Å². The van der Waals surface area contributed by atoms with Crippen molar-refractivity contribution in [2.24, 2.45) is 5.10 Å². The molecule has 0 bridgehead atoms. The zero-order valence-electron chi connectivity index (χ0n) is 15.2. The molecule has 0 saturated heterocycles. The van der Waals surface area contributed by atoms with Gasteiger partial charge in [-0.2, -0.15) is 5.10 Å². The van der Waals surface area contributed by atoms with Crippen LogP contribution < -0.4 is 10.9 Å². The van der Waals surface area contributed by atoms with Crippen LogP contribution >= 0.6 is 15.9 Å². The third-order valence-corrected chi connectivity index (χ3v) is 5.19. The number of phenols is 1. The van der Waals surface area contributed by atoms with Crippen molar-refractivity contribution >= 4 is 49.9 Å². The van der Waals surface area contributed by atoms with Gasteiger partial charge in [0.2, 0.25) is 0 Å². The van der Waals surface area contributed by atoms with Gasteiger partial charge < -0.3 is 9.67 Å². The Balaban J connectivity index is 1.64. The van der Waals surface area contributed by atoms with E-state index in [1.807, 2.05) is 41.0 Å². The van der Waals surface area contributed by atoms with Gasteiger partial charge in [0.05, 0.1) is 21.7 Å². The number of aromatic nitrogens is 1. The van der Waals surface area contributed by atoms with Crippen molar-refractivity contribution in [2.75, 3.05) is 0 Å². The van der Waals surface area contributed by atoms with E-state index >= 15 is 0 Å². The molecule has 3 aromatic carbocycles. The number of aromatic hydroxyl groups is 1. The molecule has 4 rings (SSSR count). The molecule has 7 heteroatoms. The first-order valence-corrected chi connectivity index (χ1v) is 9.64. The molecule has 6 nitrogen and oxygen atoms in total. The fraction of sp³-hybridized carbons (Fsp3) is 0.0455. The maximum absolute atomic E-state index is 12.7. The van der Waals surface area contributed by atoms with Gasteiger partial charge in [-0.25, -0.2) is 5.43 Å². The highest BCUT2D eigenvalue weighted by molar-refractivity contribution is 9.10. The summed E-state index contributed by atoms with van der Waals surface area (Å²) in [5, 5.41) is 14.6. The van der Waals surface area contributed by atoms with Gasteiger partial charge in [-0.1, -0.05) is 24.3 Å². The van der Waals surface area contributed by atoms with Crippen molar-refractivity contribution in [3.05, 3.63) is 87.0 Å². The van der Waals surface area contributed by atoms with Crippen LogP contribution in [0.3, 0.4) is 0 Å². The van der Waals surface area contributed by atoms with Crippen LogP contribution in [-0.4, -0.2) is 21.8 Å². The highest BCUT2D eigenvalue weighted by Crippen LogP contribution is 2.23. The molecule has 2 N–H and O–H groups in total. The minimum absolute atomic E-state index is 0.0118. The molecular formula is C22H16BrN3O3. The SMILES string of the molecule is O=C(Cn1c2ccccc2c(=O)c2ccccc21)N/N=C\c1ccc(O)c(Br)c1. The number of pyridine rings is 1. The Labute approximate surface area is 174 Å². The normalized spacial score (nSPS) is 11.3. The molecule has 0 radical (unpaired) electrons. The second-order valence-electron chi connectivity index (χ2n) is 6.45. The van der Waals surface area contributed by atoms with E-state index in [2.05, 4.69) is 26.5 Å². The number of halogens is 1. The van der Waals surface area contributed by atoms with E-state index in [-0.39, 0.29) is 23.6 Å². The van der Waals surface area contributed by atoms with Crippen molar-refractivity contribution in [3.8, 4) is 5.75 Å². The summed E-state index contributed by atoms with van der Waals surface area (Å²) in [5.74, 6) is -0.193. The Morgan fingerprint density at radius 2 is 1.66 bits per heavy atom. The average molecular weight is 450 g/mol. The molecule has 1 heterocycles. The predicted octanol–water partition coefficient (Wildman–Crippen LogP) is 3.77. The molecule has 1 aromatic heterocycles. The minimum Gasteiger partial charge on any atom is -0.507 e. The summed E-state index contributed by atoms with van der Waals surface area (Å²) in [4.78, 5) is 25.3. The Bertz CT molecular complexity index is 1270. The zero-order chi connectivity index (χ0) is 20.4. The number of carbonyl (C=O) groups excluding carboxylic acids is 1. The number of carbonyl (C=O) groups is 1. The number of hydrazone groups is 1. The molecule has 29 heavy (non-hydrogen) atoms. The fourth-order valence-electron chi connectivity index (χ4n) is 3.21. The number of nitrogens with zero attached hydrogens (tertiary/aromatic N) is 2. The highest BCUT2D eigenvalue weighted by atomic mass is 79.9. The molecule has 0 aliphatic rings. The number of para-hydroxylation sites is 2. The van der Waals surface area contributed by atoms with Crippen molar-refractivity contribution in [1.82, 2.24) is 9.99 Å². The summed E-state index contributed by atoms with van der Waals surface area (Å²) in [6.07, 6.45) is 1.49. The minimum atomic E-state index is -0.321. The van der Waals surface area contributed by atoms with Crippen molar-refractivity contribution in [1.29, 1.82) is 0 Å². The van der Waals surface area contributed by atoms with Crippen LogP contribution in [0, 0.1) is 0 Å². The van der Waals surface area contributed by atoms with Crippen LogP contribution in [0.1, 0.15) is 5.56 Å². The molecular weight excluding hydrogens is 434 g/mol. The van der Waals surface area contributed by atoms with Gasteiger partial charge in [0.1, 0.15) is 12.3 Å². The molecule has 0 aliphatic heterocycles. The maximum atomic E-state index is 12.7. The first-order chi connectivity index (χ1) is 14.0. The van der Waals surface area contributed by atoms with Crippen LogP contribution in [0.25, 0.3) is 21.8 Å². The van der Waals surface area contributed by atoms with Gasteiger partial charge in [-0.3, -0.25) is 9.59 Å². The monoisotopic (exact) mass is 449 g/mol. The molecule has 0 aliphatic carbocycles. The lowest BCUT2D eigenvalue weighted by atomic mass is 10.1. The summed E-state index contributed by atoms with van der Waals surface area (Å²) in [7, 11) is 0. The van der Waals surface area contributed by atoms with E-state index < -0.39 is 0 Å². The quantitative estimate of drug-likeness (QED) is 0.282. The lowest BCUT2D eigenvalue weighted by Crippen LogP contribution is -2.25. The van der Waals surface area contributed by atoms with Crippen molar-refractivity contribution in [2.45, 2.75) is 6.54 Å². The van der Waals surface area contributed by atoms with E-state index in [0.29, 0.717) is 31.8 Å². The Hall–Kier alpha value is -3.45. The summed E-state index contributed by atoms with van der Waals surface area (Å²) < 4.78 is 2.35. The Kier molecular flexibility index (Phi) is 5.14. The Morgan fingerprint density at radius 1 is 1.03 bits per heavy atom. The van der Waals surface area contributed by atoms with Crippen molar-refractivity contribution in [3.63, 3.8) is 0 Å². The number of benzene rings is 3. The average Bonchev–Trinajstić information content (AvgIpc) is 2.74. The van der Waals surface area contributed by atoms with Gasteiger partial charge in [0.25, 0.3) is 5.91 Å². The first-order valence-electron chi connectivity index (χ1n) is 8.85. The number of phenolic OH excluding ortho intramolecular Hbond substituents is 1. The zero-order valence-corrected chi connectivity index (χ0v) is 16.8. The predicted molar refractivity (Wildman–Crippen MR) is 117 cm³/mol. The Morgan fingerprint density at radius 3 is 2.28 bits per heavy atom. The second-order valence-corrected chi connectivity index (χ2v) is 7.31. The number of amides is 1. The third kappa shape index (κ3) is 3.77. The van der Waals surface area contributed by atoms with Gasteiger partial charge in [0, 0.05) is 10.8 Å². The molecule has 144 valence electrons. The third-order valence-electron chi connectivity index (χ3n) is 4.56. The van der Waals surface area contributed by atoms with Gasteiger partial charge >= 0.3 is 0 Å². The number of nitrogens with one attached hydrogen (secondary N) is 1. The molecule has 0 fully saturated rings. The smallest absolute Gasteiger partial charge is 0.260 e. The maximum Gasteiger partial charge on any atom is 0.260 e. The fourth-order valence-corrected chi connectivity index (χ4v) is 3.60. The van der Waals surface area contributed by atoms with Crippen LogP contribution in [0.4, 0.5) is 0 Å². The summed E-state index contributed by atoms with van der Waals surface area (Å²) in [5.41, 5.74) is 4.56. The van der Waals surface area contributed by atoms with Crippen LogP contribution in [0.15, 0.2) is 81.1 Å². The van der Waals surface area contributed by atoms with E-state index in [0.717, 1.165) is 0 Å². The second kappa shape index (κ2) is 7.89. The summed E-state index contributed by atoms with van der Waals surface area (Å²) in [6, 6.07) is 19.4. The molecule has 1 amide bonds. The standard InChI is InChI=1S/C22H16BrN3O3/c23-17-11-14(9-10-20(17)27)12-24-25-21(28)13-26-18-7-3-1-5-15(18)22(29)16-6-2-4-8-19(16)26/h1-12,27H,13H2,(H,25,28)/b24-12-. The van der Waals surface area contributed by atoms with E-state index in [4.69, 9.17) is 0 Å². The molecule has 4 aromatic rings.